The Morgan fingerprint density at radius 2 is 1.85 bits per heavy atom. The number of benzene rings is 1. The number of likely N-dealkylation sites (N-methyl/N-ethyl adjacent to an activating group) is 1. The average molecular weight is 515 g/mol. The first-order chi connectivity index (χ1) is 16.1. The first kappa shape index (κ1) is 26.7. The van der Waals surface area contributed by atoms with Gasteiger partial charge in [-0.2, -0.15) is 0 Å². The van der Waals surface area contributed by atoms with E-state index in [0.29, 0.717) is 23.1 Å². The van der Waals surface area contributed by atoms with Crippen molar-refractivity contribution in [3.05, 3.63) is 33.8 Å². The zero-order chi connectivity index (χ0) is 24.8. The first-order valence-electron chi connectivity index (χ1n) is 11.4. The molecule has 1 aromatic rings. The molecule has 0 spiro atoms. The van der Waals surface area contributed by atoms with Crippen molar-refractivity contribution in [2.24, 2.45) is 5.73 Å². The molecule has 34 heavy (non-hydrogen) atoms. The van der Waals surface area contributed by atoms with Gasteiger partial charge in [-0.15, -0.1) is 0 Å². The van der Waals surface area contributed by atoms with E-state index in [9.17, 15) is 14.4 Å². The smallest absolute Gasteiger partial charge is 0.323 e. The Hall–Kier alpha value is -1.91. The maximum atomic E-state index is 13.4. The molecule has 11 heteroatoms. The van der Waals surface area contributed by atoms with Crippen LogP contribution in [-0.2, 0) is 25.5 Å². The SMILES string of the molecule is CN1C[C@@H](CN2CCCC2)N(C(=O)Cc2ccc(Cl)c(Cl)c2)C[C@@H]1COC(=O)[C@H](N)CC(=O)O. The molecule has 3 N–H and O–H groups in total. The van der Waals surface area contributed by atoms with Crippen LogP contribution >= 0.6 is 23.2 Å². The summed E-state index contributed by atoms with van der Waals surface area (Å²) in [5, 5.41) is 9.67. The molecule has 0 aromatic heterocycles. The highest BCUT2D eigenvalue weighted by molar-refractivity contribution is 6.42. The van der Waals surface area contributed by atoms with Gasteiger partial charge in [-0.05, 0) is 50.7 Å². The van der Waals surface area contributed by atoms with E-state index in [1.807, 2.05) is 11.9 Å². The maximum Gasteiger partial charge on any atom is 0.323 e. The lowest BCUT2D eigenvalue weighted by atomic mass is 10.0. The molecule has 0 aliphatic carbocycles. The summed E-state index contributed by atoms with van der Waals surface area (Å²) in [5.74, 6) is -1.96. The number of carbonyl (C=O) groups excluding carboxylic acids is 2. The summed E-state index contributed by atoms with van der Waals surface area (Å²) in [6.45, 7) is 3.88. The number of carbonyl (C=O) groups is 3. The van der Waals surface area contributed by atoms with Gasteiger partial charge in [-0.3, -0.25) is 19.3 Å². The number of carboxylic acids is 1. The molecule has 9 nitrogen and oxygen atoms in total. The molecule has 2 heterocycles. The number of ether oxygens (including phenoxy) is 1. The molecule has 188 valence electrons. The Labute approximate surface area is 209 Å². The largest absolute Gasteiger partial charge is 0.481 e. The highest BCUT2D eigenvalue weighted by atomic mass is 35.5. The van der Waals surface area contributed by atoms with Crippen LogP contribution in [0.1, 0.15) is 24.8 Å². The van der Waals surface area contributed by atoms with Gasteiger partial charge in [0.15, 0.2) is 0 Å². The quantitative estimate of drug-likeness (QED) is 0.476. The summed E-state index contributed by atoms with van der Waals surface area (Å²) < 4.78 is 5.31. The van der Waals surface area contributed by atoms with Crippen molar-refractivity contribution in [1.29, 1.82) is 0 Å². The normalized spacial score (nSPS) is 22.5. The zero-order valence-electron chi connectivity index (χ0n) is 19.3. The van der Waals surface area contributed by atoms with Gasteiger partial charge in [0, 0.05) is 19.6 Å². The second-order valence-electron chi connectivity index (χ2n) is 9.06. The Morgan fingerprint density at radius 3 is 2.50 bits per heavy atom. The van der Waals surface area contributed by atoms with Gasteiger partial charge in [0.2, 0.25) is 5.91 Å². The molecule has 0 saturated carbocycles. The number of nitrogens with two attached hydrogens (primary N) is 1. The number of piperazine rings is 1. The van der Waals surface area contributed by atoms with Crippen LogP contribution in [-0.4, -0.2) is 102 Å². The predicted molar refractivity (Wildman–Crippen MR) is 129 cm³/mol. The van der Waals surface area contributed by atoms with Gasteiger partial charge in [0.1, 0.15) is 12.6 Å². The van der Waals surface area contributed by atoms with Crippen molar-refractivity contribution in [3.8, 4) is 0 Å². The third-order valence-corrected chi connectivity index (χ3v) is 7.15. The van der Waals surface area contributed by atoms with Gasteiger partial charge in [-0.25, -0.2) is 0 Å². The van der Waals surface area contributed by atoms with E-state index in [1.54, 1.807) is 18.2 Å². The van der Waals surface area contributed by atoms with E-state index >= 15 is 0 Å². The van der Waals surface area contributed by atoms with Crippen LogP contribution < -0.4 is 5.73 Å². The Kier molecular flexibility index (Phi) is 9.56. The van der Waals surface area contributed by atoms with Crippen molar-refractivity contribution in [2.45, 2.75) is 43.8 Å². The standard InChI is InChI=1S/C23H32Cl2N4O5/c1-27-11-16(12-28-6-2-3-7-28)29(21(30)9-15-4-5-18(24)19(25)8-15)13-17(27)14-34-23(33)20(26)10-22(31)32/h4-5,8,16-17,20H,2-3,6-7,9-14,26H2,1H3,(H,31,32)/t16-,17+,20+/m0/s1. The fourth-order valence-electron chi connectivity index (χ4n) is 4.48. The highest BCUT2D eigenvalue weighted by Crippen LogP contribution is 2.24. The number of amides is 1. The number of carboxylic acid groups (broad SMARTS) is 1. The summed E-state index contributed by atoms with van der Waals surface area (Å²) >= 11 is 12.1. The van der Waals surface area contributed by atoms with E-state index < -0.39 is 24.4 Å². The number of hydrogen-bond acceptors (Lipinski definition) is 7. The van der Waals surface area contributed by atoms with Crippen molar-refractivity contribution < 1.29 is 24.2 Å². The van der Waals surface area contributed by atoms with Gasteiger partial charge in [-0.1, -0.05) is 29.3 Å². The van der Waals surface area contributed by atoms with Crippen molar-refractivity contribution in [3.63, 3.8) is 0 Å². The lowest BCUT2D eigenvalue weighted by Gasteiger charge is -2.46. The number of esters is 1. The van der Waals surface area contributed by atoms with Gasteiger partial charge in [0.05, 0.1) is 35.0 Å². The molecular weight excluding hydrogens is 483 g/mol. The summed E-state index contributed by atoms with van der Waals surface area (Å²) in [6, 6.07) is 3.73. The summed E-state index contributed by atoms with van der Waals surface area (Å²) in [7, 11) is 1.94. The molecule has 0 bridgehead atoms. The Balaban J connectivity index is 1.68. The van der Waals surface area contributed by atoms with Crippen molar-refractivity contribution >= 4 is 41.0 Å². The fourth-order valence-corrected chi connectivity index (χ4v) is 4.80. The minimum atomic E-state index is -1.22. The van der Waals surface area contributed by atoms with Crippen LogP contribution in [0.3, 0.4) is 0 Å². The van der Waals surface area contributed by atoms with Crippen LogP contribution in [0.4, 0.5) is 0 Å². The predicted octanol–water partition coefficient (Wildman–Crippen LogP) is 1.49. The van der Waals surface area contributed by atoms with Gasteiger partial charge >= 0.3 is 11.9 Å². The van der Waals surface area contributed by atoms with E-state index in [1.165, 1.54) is 0 Å². The van der Waals surface area contributed by atoms with Crippen LogP contribution in [0.15, 0.2) is 18.2 Å². The van der Waals surface area contributed by atoms with E-state index in [4.69, 9.17) is 38.8 Å². The molecule has 2 saturated heterocycles. The number of likely N-dealkylation sites (tertiary alicyclic amines) is 1. The summed E-state index contributed by atoms with van der Waals surface area (Å²) in [4.78, 5) is 42.6. The van der Waals surface area contributed by atoms with Gasteiger partial charge in [0.25, 0.3) is 0 Å². The number of aliphatic carboxylic acids is 1. The number of halogens is 2. The topological polar surface area (TPSA) is 116 Å². The van der Waals surface area contributed by atoms with Crippen molar-refractivity contribution in [2.75, 3.05) is 46.4 Å². The lowest BCUT2D eigenvalue weighted by Crippen LogP contribution is -2.62. The molecule has 2 aliphatic heterocycles. The Bertz CT molecular complexity index is 896. The molecule has 2 fully saturated rings. The molecule has 1 aromatic carbocycles. The third kappa shape index (κ3) is 7.29. The molecular formula is C23H32Cl2N4O5. The van der Waals surface area contributed by atoms with Crippen LogP contribution in [0, 0.1) is 0 Å². The van der Waals surface area contributed by atoms with E-state index in [0.717, 1.165) is 38.0 Å². The van der Waals surface area contributed by atoms with Crippen LogP contribution in [0.5, 0.6) is 0 Å². The monoisotopic (exact) mass is 514 g/mol. The van der Waals surface area contributed by atoms with Crippen LogP contribution in [0.25, 0.3) is 0 Å². The van der Waals surface area contributed by atoms with Gasteiger partial charge < -0.3 is 25.4 Å². The molecule has 1 amide bonds. The summed E-state index contributed by atoms with van der Waals surface area (Å²) in [6.07, 6.45) is 2.02. The van der Waals surface area contributed by atoms with Crippen molar-refractivity contribution in [1.82, 2.24) is 14.7 Å². The van der Waals surface area contributed by atoms with E-state index in [2.05, 4.69) is 9.80 Å². The maximum absolute atomic E-state index is 13.4. The third-order valence-electron chi connectivity index (χ3n) is 6.41. The average Bonchev–Trinajstić information content (AvgIpc) is 3.28. The minimum Gasteiger partial charge on any atom is -0.481 e. The number of hydrogen-bond donors (Lipinski definition) is 2. The highest BCUT2D eigenvalue weighted by Gasteiger charge is 2.36. The molecule has 3 rings (SSSR count). The first-order valence-corrected chi connectivity index (χ1v) is 12.2. The zero-order valence-corrected chi connectivity index (χ0v) is 20.8. The molecule has 3 atom stereocenters. The molecule has 2 aliphatic rings. The van der Waals surface area contributed by atoms with E-state index in [-0.39, 0.29) is 31.0 Å². The number of rotatable bonds is 9. The lowest BCUT2D eigenvalue weighted by molar-refractivity contribution is -0.152. The minimum absolute atomic E-state index is 0.000379. The molecule has 0 radical (unpaired) electrons. The van der Waals surface area contributed by atoms with Crippen LogP contribution in [0.2, 0.25) is 10.0 Å². The fraction of sp³-hybridized carbons (Fsp3) is 0.609. The molecule has 0 unspecified atom stereocenters. The number of nitrogens with zero attached hydrogens (tertiary/aromatic N) is 3. The second-order valence-corrected chi connectivity index (χ2v) is 9.88. The Morgan fingerprint density at radius 1 is 1.15 bits per heavy atom. The summed E-state index contributed by atoms with van der Waals surface area (Å²) in [5.41, 5.74) is 6.39. The second kappa shape index (κ2) is 12.2.